The van der Waals surface area contributed by atoms with Gasteiger partial charge < -0.3 is 19.9 Å². The van der Waals surface area contributed by atoms with Gasteiger partial charge in [-0.1, -0.05) is 19.9 Å². The molecule has 3 aromatic rings. The second-order valence-electron chi connectivity index (χ2n) is 7.79. The van der Waals surface area contributed by atoms with Gasteiger partial charge >= 0.3 is 6.01 Å². The van der Waals surface area contributed by atoms with Gasteiger partial charge in [0, 0.05) is 18.8 Å². The monoisotopic (exact) mass is 430 g/mol. The summed E-state index contributed by atoms with van der Waals surface area (Å²) in [6.45, 7) is 9.48. The smallest absolute Gasteiger partial charge is 0.336 e. The van der Waals surface area contributed by atoms with Crippen LogP contribution in [0.5, 0.6) is 6.01 Å². The predicted octanol–water partition coefficient (Wildman–Crippen LogP) is 4.23. The fraction of sp³-hybridized carbons (Fsp3) is 0.455. The average Bonchev–Trinajstić information content (AvgIpc) is 3.36. The standard InChI is InChI=1S/C22H30N4O3S/c1-15(2)13-28-14-19(27)12-23-17-7-9-18(10-8-17)26-21(20-6-5-11-30-20)24-22(25-26)29-16(3)4/h5-11,15-16,19,23,27H,12-14H2,1-4H3. The average molecular weight is 431 g/mol. The van der Waals surface area contributed by atoms with Gasteiger partial charge in [-0.05, 0) is 55.5 Å². The molecule has 0 saturated heterocycles. The van der Waals surface area contributed by atoms with Crippen LogP contribution in [0, 0.1) is 5.92 Å². The third-order valence-corrected chi connectivity index (χ3v) is 4.95. The topological polar surface area (TPSA) is 81.4 Å². The van der Waals surface area contributed by atoms with Crippen molar-refractivity contribution in [3.63, 3.8) is 0 Å². The van der Waals surface area contributed by atoms with Crippen LogP contribution in [-0.2, 0) is 4.74 Å². The van der Waals surface area contributed by atoms with Gasteiger partial charge in [0.15, 0.2) is 5.82 Å². The van der Waals surface area contributed by atoms with Crippen molar-refractivity contribution in [2.24, 2.45) is 5.92 Å². The number of ether oxygens (including phenoxy) is 2. The zero-order chi connectivity index (χ0) is 21.5. The lowest BCUT2D eigenvalue weighted by Gasteiger charge is -2.14. The largest absolute Gasteiger partial charge is 0.460 e. The Labute approximate surface area is 181 Å². The Kier molecular flexibility index (Phi) is 7.84. The van der Waals surface area contributed by atoms with Crippen LogP contribution < -0.4 is 10.1 Å². The molecule has 0 spiro atoms. The summed E-state index contributed by atoms with van der Waals surface area (Å²) in [5, 5.41) is 19.8. The normalized spacial score (nSPS) is 12.5. The van der Waals surface area contributed by atoms with Crippen LogP contribution in [-0.4, -0.2) is 51.8 Å². The number of thiophene rings is 1. The van der Waals surface area contributed by atoms with Crippen LogP contribution in [0.25, 0.3) is 16.4 Å². The van der Waals surface area contributed by atoms with E-state index in [9.17, 15) is 5.11 Å². The van der Waals surface area contributed by atoms with Gasteiger partial charge in [-0.15, -0.1) is 16.4 Å². The van der Waals surface area contributed by atoms with E-state index in [1.807, 2.05) is 55.6 Å². The summed E-state index contributed by atoms with van der Waals surface area (Å²) in [5.41, 5.74) is 1.80. The highest BCUT2D eigenvalue weighted by Gasteiger charge is 2.16. The Morgan fingerprint density at radius 2 is 1.87 bits per heavy atom. The summed E-state index contributed by atoms with van der Waals surface area (Å²) in [6, 6.07) is 12.2. The van der Waals surface area contributed by atoms with Gasteiger partial charge in [-0.3, -0.25) is 0 Å². The summed E-state index contributed by atoms with van der Waals surface area (Å²) in [7, 11) is 0. The Morgan fingerprint density at radius 3 is 2.50 bits per heavy atom. The van der Waals surface area contributed by atoms with Crippen molar-refractivity contribution < 1.29 is 14.6 Å². The Hall–Kier alpha value is -2.42. The number of benzene rings is 1. The molecule has 1 aromatic carbocycles. The number of anilines is 1. The summed E-state index contributed by atoms with van der Waals surface area (Å²) in [5.74, 6) is 1.21. The Morgan fingerprint density at radius 1 is 1.10 bits per heavy atom. The molecule has 7 nitrogen and oxygen atoms in total. The molecule has 1 atom stereocenters. The highest BCUT2D eigenvalue weighted by molar-refractivity contribution is 7.13. The van der Waals surface area contributed by atoms with Gasteiger partial charge in [0.1, 0.15) is 0 Å². The van der Waals surface area contributed by atoms with E-state index in [1.165, 1.54) is 0 Å². The Balaban J connectivity index is 1.67. The van der Waals surface area contributed by atoms with Crippen LogP contribution in [0.2, 0.25) is 0 Å². The molecule has 1 unspecified atom stereocenters. The molecule has 0 amide bonds. The number of aliphatic hydroxyl groups excluding tert-OH is 1. The van der Waals surface area contributed by atoms with Gasteiger partial charge in [0.25, 0.3) is 0 Å². The molecule has 0 aliphatic heterocycles. The van der Waals surface area contributed by atoms with Crippen LogP contribution in [0.3, 0.4) is 0 Å². The molecule has 0 saturated carbocycles. The highest BCUT2D eigenvalue weighted by atomic mass is 32.1. The third-order valence-electron chi connectivity index (χ3n) is 4.09. The molecule has 0 aliphatic carbocycles. The van der Waals surface area contributed by atoms with E-state index < -0.39 is 6.10 Å². The zero-order valence-corrected chi connectivity index (χ0v) is 18.7. The number of nitrogens with zero attached hydrogens (tertiary/aromatic N) is 3. The van der Waals surface area contributed by atoms with Crippen molar-refractivity contribution in [3.8, 4) is 22.4 Å². The van der Waals surface area contributed by atoms with Gasteiger partial charge in [0.05, 0.1) is 29.4 Å². The summed E-state index contributed by atoms with van der Waals surface area (Å²) >= 11 is 1.61. The van der Waals surface area contributed by atoms with Gasteiger partial charge in [-0.2, -0.15) is 4.98 Å². The maximum Gasteiger partial charge on any atom is 0.336 e. The SMILES string of the molecule is CC(C)COCC(O)CNc1ccc(-n2nc(OC(C)C)nc2-c2cccs2)cc1. The van der Waals surface area contributed by atoms with Crippen molar-refractivity contribution >= 4 is 17.0 Å². The maximum absolute atomic E-state index is 10.1. The summed E-state index contributed by atoms with van der Waals surface area (Å²) < 4.78 is 13.0. The lowest BCUT2D eigenvalue weighted by molar-refractivity contribution is 0.0318. The number of aromatic nitrogens is 3. The van der Waals surface area contributed by atoms with Crippen LogP contribution in [0.4, 0.5) is 5.69 Å². The van der Waals surface area contributed by atoms with Crippen molar-refractivity contribution in [2.75, 3.05) is 25.1 Å². The molecule has 2 N–H and O–H groups in total. The number of hydrogen-bond donors (Lipinski definition) is 2. The van der Waals surface area contributed by atoms with E-state index in [0.29, 0.717) is 31.7 Å². The van der Waals surface area contributed by atoms with Crippen LogP contribution in [0.15, 0.2) is 41.8 Å². The number of nitrogens with one attached hydrogen (secondary N) is 1. The minimum absolute atomic E-state index is 0.000410. The van der Waals surface area contributed by atoms with E-state index in [-0.39, 0.29) is 6.10 Å². The van der Waals surface area contributed by atoms with E-state index in [4.69, 9.17) is 9.47 Å². The predicted molar refractivity (Wildman–Crippen MR) is 121 cm³/mol. The molecule has 162 valence electrons. The van der Waals surface area contributed by atoms with Gasteiger partial charge in [0.2, 0.25) is 0 Å². The minimum atomic E-state index is -0.556. The van der Waals surface area contributed by atoms with E-state index in [2.05, 4.69) is 29.2 Å². The van der Waals surface area contributed by atoms with Gasteiger partial charge in [-0.25, -0.2) is 4.68 Å². The first-order chi connectivity index (χ1) is 14.4. The Bertz CT molecular complexity index is 892. The number of aliphatic hydroxyl groups is 1. The van der Waals surface area contributed by atoms with Crippen LogP contribution in [0.1, 0.15) is 27.7 Å². The van der Waals surface area contributed by atoms with E-state index in [0.717, 1.165) is 22.1 Å². The molecule has 0 aliphatic rings. The second-order valence-corrected chi connectivity index (χ2v) is 8.73. The van der Waals surface area contributed by atoms with E-state index in [1.54, 1.807) is 16.0 Å². The minimum Gasteiger partial charge on any atom is -0.460 e. The first-order valence-electron chi connectivity index (χ1n) is 10.2. The van der Waals surface area contributed by atoms with Crippen molar-refractivity contribution in [3.05, 3.63) is 41.8 Å². The number of rotatable bonds is 11. The molecule has 0 fully saturated rings. The molecule has 8 heteroatoms. The number of hydrogen-bond acceptors (Lipinski definition) is 7. The van der Waals surface area contributed by atoms with Crippen molar-refractivity contribution in [2.45, 2.75) is 39.9 Å². The first-order valence-corrected chi connectivity index (χ1v) is 11.1. The second kappa shape index (κ2) is 10.6. The molecular formula is C22H30N4O3S. The molecule has 2 aromatic heterocycles. The molecule has 3 rings (SSSR count). The fourth-order valence-electron chi connectivity index (χ4n) is 2.75. The molecular weight excluding hydrogens is 400 g/mol. The quantitative estimate of drug-likeness (QED) is 0.474. The third kappa shape index (κ3) is 6.29. The highest BCUT2D eigenvalue weighted by Crippen LogP contribution is 2.28. The zero-order valence-electron chi connectivity index (χ0n) is 17.9. The molecule has 30 heavy (non-hydrogen) atoms. The first kappa shape index (κ1) is 22.3. The molecule has 0 bridgehead atoms. The molecule has 0 radical (unpaired) electrons. The lowest BCUT2D eigenvalue weighted by atomic mass is 10.2. The van der Waals surface area contributed by atoms with Crippen molar-refractivity contribution in [1.82, 2.24) is 14.8 Å². The van der Waals surface area contributed by atoms with E-state index >= 15 is 0 Å². The maximum atomic E-state index is 10.1. The van der Waals surface area contributed by atoms with Crippen molar-refractivity contribution in [1.29, 1.82) is 0 Å². The fourth-order valence-corrected chi connectivity index (χ4v) is 3.45. The lowest BCUT2D eigenvalue weighted by Crippen LogP contribution is -2.25. The van der Waals surface area contributed by atoms with Crippen LogP contribution >= 0.6 is 11.3 Å². The summed E-state index contributed by atoms with van der Waals surface area (Å²) in [4.78, 5) is 5.59. The molecule has 2 heterocycles. The summed E-state index contributed by atoms with van der Waals surface area (Å²) in [6.07, 6.45) is -0.556.